The lowest BCUT2D eigenvalue weighted by molar-refractivity contribution is 0.0523. The van der Waals surface area contributed by atoms with Gasteiger partial charge in [-0.05, 0) is 44.9 Å². The molecule has 2 aromatic rings. The highest BCUT2D eigenvalue weighted by molar-refractivity contribution is 5.82. The predicted octanol–water partition coefficient (Wildman–Crippen LogP) is 2.92. The van der Waals surface area contributed by atoms with Gasteiger partial charge >= 0.3 is 6.09 Å². The highest BCUT2D eigenvalue weighted by Gasteiger charge is 2.18. The van der Waals surface area contributed by atoms with E-state index in [2.05, 4.69) is 30.6 Å². The molecule has 0 fully saturated rings. The van der Waals surface area contributed by atoms with Crippen molar-refractivity contribution in [2.75, 3.05) is 12.4 Å². The van der Waals surface area contributed by atoms with E-state index in [1.807, 2.05) is 0 Å². The maximum absolute atomic E-state index is 15.0. The number of alkyl carbamates (subject to hydrolysis) is 1. The topological polar surface area (TPSA) is 127 Å². The average molecular weight is 415 g/mol. The number of nitrogens with one attached hydrogen (secondary N) is 2. The van der Waals surface area contributed by atoms with Crippen LogP contribution in [0.5, 0.6) is 0 Å². The van der Waals surface area contributed by atoms with E-state index in [0.29, 0.717) is 16.8 Å². The zero-order chi connectivity index (χ0) is 22.3. The van der Waals surface area contributed by atoms with Gasteiger partial charge in [0.05, 0.1) is 11.3 Å². The van der Waals surface area contributed by atoms with Crippen LogP contribution in [-0.4, -0.2) is 39.9 Å². The van der Waals surface area contributed by atoms with E-state index in [1.165, 1.54) is 18.7 Å². The highest BCUT2D eigenvalue weighted by Crippen LogP contribution is 2.25. The van der Waals surface area contributed by atoms with E-state index in [-0.39, 0.29) is 23.9 Å². The maximum atomic E-state index is 15.0. The van der Waals surface area contributed by atoms with Gasteiger partial charge in [-0.15, -0.1) is 0 Å². The first kappa shape index (κ1) is 22.7. The molecular weight excluding hydrogens is 389 g/mol. The molecule has 160 valence electrons. The van der Waals surface area contributed by atoms with Crippen LogP contribution in [0, 0.1) is 12.7 Å². The molecule has 0 radical (unpaired) electrons. The molecule has 1 heterocycles. The number of ether oxygens (including phenoxy) is 1. The molecule has 0 aliphatic heterocycles. The van der Waals surface area contributed by atoms with E-state index in [1.54, 1.807) is 46.9 Å². The van der Waals surface area contributed by atoms with Crippen molar-refractivity contribution in [3.05, 3.63) is 47.3 Å². The van der Waals surface area contributed by atoms with Crippen molar-refractivity contribution in [1.29, 1.82) is 0 Å². The Labute approximate surface area is 174 Å². The molecule has 30 heavy (non-hydrogen) atoms. The lowest BCUT2D eigenvalue weighted by Crippen LogP contribution is -2.32. The van der Waals surface area contributed by atoms with Crippen LogP contribution in [0.1, 0.15) is 31.9 Å². The zero-order valence-electron chi connectivity index (χ0n) is 17.7. The summed E-state index contributed by atoms with van der Waals surface area (Å²) in [5, 5.41) is 5.50. The number of halogens is 1. The number of anilines is 1. The van der Waals surface area contributed by atoms with Gasteiger partial charge < -0.3 is 21.1 Å². The number of hydrogen-bond donors (Lipinski definition) is 3. The summed E-state index contributed by atoms with van der Waals surface area (Å²) in [6, 6.07) is 3.26. The number of benzene rings is 1. The predicted molar refractivity (Wildman–Crippen MR) is 113 cm³/mol. The monoisotopic (exact) mass is 415 g/mol. The normalized spacial score (nSPS) is 12.1. The SMILES string of the molecule is CN=CC(=CN)Nc1ncnc(-c2ccc(CNC(=O)OC(C)(C)C)c(C)c2F)n1. The summed E-state index contributed by atoms with van der Waals surface area (Å²) in [6.07, 6.45) is 3.52. The van der Waals surface area contributed by atoms with Gasteiger partial charge in [-0.3, -0.25) is 4.99 Å². The fourth-order valence-corrected chi connectivity index (χ4v) is 2.44. The number of carbonyl (C=O) groups excluding carboxylic acids is 1. The Hall–Kier alpha value is -3.56. The van der Waals surface area contributed by atoms with Gasteiger partial charge in [-0.25, -0.2) is 19.2 Å². The van der Waals surface area contributed by atoms with Gasteiger partial charge in [0, 0.05) is 26.0 Å². The molecule has 0 aliphatic rings. The van der Waals surface area contributed by atoms with Crippen molar-refractivity contribution in [2.45, 2.75) is 39.8 Å². The standard InChI is InChI=1S/C20H26FN7O2/c1-12-13(9-24-19(29)30-20(2,3)4)6-7-15(16(12)21)17-25-11-26-18(28-17)27-14(8-22)10-23-5/h6-8,10-11H,9,22H2,1-5H3,(H,24,29)(H,25,26,27,28). The van der Waals surface area contributed by atoms with Crippen LogP contribution in [0.15, 0.2) is 35.3 Å². The fraction of sp³-hybridized carbons (Fsp3) is 0.350. The first-order chi connectivity index (χ1) is 14.1. The fourth-order valence-electron chi connectivity index (χ4n) is 2.44. The quantitative estimate of drug-likeness (QED) is 0.619. The third kappa shape index (κ3) is 6.23. The molecule has 9 nitrogen and oxygen atoms in total. The molecule has 1 aromatic carbocycles. The Morgan fingerprint density at radius 1 is 1.33 bits per heavy atom. The number of amides is 1. The van der Waals surface area contributed by atoms with Gasteiger partial charge in [0.2, 0.25) is 5.95 Å². The van der Waals surface area contributed by atoms with Gasteiger partial charge in [0.1, 0.15) is 17.7 Å². The molecule has 10 heteroatoms. The molecule has 2 rings (SSSR count). The van der Waals surface area contributed by atoms with Crippen LogP contribution in [0.2, 0.25) is 0 Å². The highest BCUT2D eigenvalue weighted by atomic mass is 19.1. The van der Waals surface area contributed by atoms with Crippen molar-refractivity contribution >= 4 is 18.3 Å². The number of aromatic nitrogens is 3. The molecule has 0 bridgehead atoms. The molecule has 0 aliphatic carbocycles. The lowest BCUT2D eigenvalue weighted by Gasteiger charge is -2.20. The third-order valence-electron chi connectivity index (χ3n) is 3.84. The van der Waals surface area contributed by atoms with E-state index in [4.69, 9.17) is 10.5 Å². The molecule has 0 spiro atoms. The number of aliphatic imine (C=N–C) groups is 1. The Balaban J connectivity index is 2.21. The second-order valence-corrected chi connectivity index (χ2v) is 7.33. The lowest BCUT2D eigenvalue weighted by atomic mass is 10.0. The average Bonchev–Trinajstić information content (AvgIpc) is 2.67. The Kier molecular flexibility index (Phi) is 7.40. The van der Waals surface area contributed by atoms with Crippen molar-refractivity contribution in [3.8, 4) is 11.4 Å². The van der Waals surface area contributed by atoms with Gasteiger partial charge in [0.25, 0.3) is 0 Å². The summed E-state index contributed by atoms with van der Waals surface area (Å²) in [5.41, 5.74) is 6.58. The van der Waals surface area contributed by atoms with Crippen LogP contribution in [0.25, 0.3) is 11.4 Å². The molecule has 1 amide bonds. The van der Waals surface area contributed by atoms with Gasteiger partial charge in [0.15, 0.2) is 5.82 Å². The largest absolute Gasteiger partial charge is 0.444 e. The molecule has 4 N–H and O–H groups in total. The third-order valence-corrected chi connectivity index (χ3v) is 3.84. The number of hydrogen-bond acceptors (Lipinski definition) is 8. The van der Waals surface area contributed by atoms with Crippen molar-refractivity contribution < 1.29 is 13.9 Å². The van der Waals surface area contributed by atoms with E-state index < -0.39 is 17.5 Å². The molecule has 0 unspecified atom stereocenters. The summed E-state index contributed by atoms with van der Waals surface area (Å²) in [7, 11) is 1.60. The second-order valence-electron chi connectivity index (χ2n) is 7.33. The number of allylic oxidation sites excluding steroid dienone is 1. The molecule has 0 atom stereocenters. The Bertz CT molecular complexity index is 968. The number of nitrogens with two attached hydrogens (primary N) is 1. The molecular formula is C20H26FN7O2. The summed E-state index contributed by atoms with van der Waals surface area (Å²) < 4.78 is 20.2. The summed E-state index contributed by atoms with van der Waals surface area (Å²) in [4.78, 5) is 28.0. The number of rotatable bonds is 6. The van der Waals surface area contributed by atoms with Crippen LogP contribution < -0.4 is 16.4 Å². The van der Waals surface area contributed by atoms with E-state index >= 15 is 4.39 Å². The summed E-state index contributed by atoms with van der Waals surface area (Å²) >= 11 is 0. The van der Waals surface area contributed by atoms with Gasteiger partial charge in [-0.1, -0.05) is 6.07 Å². The Morgan fingerprint density at radius 2 is 2.07 bits per heavy atom. The summed E-state index contributed by atoms with van der Waals surface area (Å²) in [6.45, 7) is 7.06. The van der Waals surface area contributed by atoms with Crippen molar-refractivity contribution in [1.82, 2.24) is 20.3 Å². The number of nitrogens with zero attached hydrogens (tertiary/aromatic N) is 4. The van der Waals surface area contributed by atoms with E-state index in [9.17, 15) is 4.79 Å². The van der Waals surface area contributed by atoms with Crippen LogP contribution in [-0.2, 0) is 11.3 Å². The van der Waals surface area contributed by atoms with Crippen molar-refractivity contribution in [3.63, 3.8) is 0 Å². The van der Waals surface area contributed by atoms with E-state index in [0.717, 1.165) is 0 Å². The van der Waals surface area contributed by atoms with Gasteiger partial charge in [-0.2, -0.15) is 4.98 Å². The number of carbonyl (C=O) groups is 1. The van der Waals surface area contributed by atoms with Crippen LogP contribution >= 0.6 is 0 Å². The zero-order valence-corrected chi connectivity index (χ0v) is 17.7. The smallest absolute Gasteiger partial charge is 0.407 e. The first-order valence-corrected chi connectivity index (χ1v) is 9.20. The van der Waals surface area contributed by atoms with Crippen LogP contribution in [0.3, 0.4) is 0 Å². The molecule has 1 aromatic heterocycles. The maximum Gasteiger partial charge on any atom is 0.407 e. The Morgan fingerprint density at radius 3 is 2.70 bits per heavy atom. The van der Waals surface area contributed by atoms with Crippen molar-refractivity contribution in [2.24, 2.45) is 10.7 Å². The minimum Gasteiger partial charge on any atom is -0.444 e. The molecule has 0 saturated heterocycles. The minimum absolute atomic E-state index is 0.128. The minimum atomic E-state index is -0.611. The first-order valence-electron chi connectivity index (χ1n) is 9.20. The van der Waals surface area contributed by atoms with Crippen LogP contribution in [0.4, 0.5) is 15.1 Å². The summed E-state index contributed by atoms with van der Waals surface area (Å²) in [5.74, 6) is -0.130. The molecule has 0 saturated carbocycles. The second kappa shape index (κ2) is 9.77.